The van der Waals surface area contributed by atoms with E-state index in [9.17, 15) is 4.79 Å². The normalized spacial score (nSPS) is 19.7. The van der Waals surface area contributed by atoms with E-state index in [0.29, 0.717) is 6.42 Å². The van der Waals surface area contributed by atoms with E-state index in [1.54, 1.807) is 0 Å². The second kappa shape index (κ2) is 4.47. The SMILES string of the molecule is CCCC(=O)NC1CCc2cn[nH]c2C1. The molecule has 2 N–H and O–H groups in total. The highest BCUT2D eigenvalue weighted by atomic mass is 16.1. The second-order valence-electron chi connectivity index (χ2n) is 4.13. The van der Waals surface area contributed by atoms with Crippen LogP contribution in [0.5, 0.6) is 0 Å². The minimum atomic E-state index is 0.172. The molecule has 4 nitrogen and oxygen atoms in total. The van der Waals surface area contributed by atoms with Crippen molar-refractivity contribution in [3.63, 3.8) is 0 Å². The van der Waals surface area contributed by atoms with Crippen LogP contribution in [0.3, 0.4) is 0 Å². The number of aryl methyl sites for hydroxylation is 1. The van der Waals surface area contributed by atoms with Gasteiger partial charge in [0.2, 0.25) is 5.91 Å². The van der Waals surface area contributed by atoms with Crippen LogP contribution in [-0.4, -0.2) is 22.1 Å². The molecule has 15 heavy (non-hydrogen) atoms. The molecule has 1 aromatic rings. The van der Waals surface area contributed by atoms with Gasteiger partial charge in [-0.05, 0) is 24.8 Å². The van der Waals surface area contributed by atoms with E-state index in [1.165, 1.54) is 11.3 Å². The Labute approximate surface area is 89.5 Å². The van der Waals surface area contributed by atoms with Gasteiger partial charge in [-0.3, -0.25) is 9.89 Å². The van der Waals surface area contributed by atoms with E-state index in [0.717, 1.165) is 25.7 Å². The van der Waals surface area contributed by atoms with Crippen LogP contribution >= 0.6 is 0 Å². The van der Waals surface area contributed by atoms with Crippen molar-refractivity contribution in [3.8, 4) is 0 Å². The van der Waals surface area contributed by atoms with E-state index in [2.05, 4.69) is 15.5 Å². The highest BCUT2D eigenvalue weighted by Gasteiger charge is 2.20. The average Bonchev–Trinajstić information content (AvgIpc) is 2.65. The third kappa shape index (κ3) is 2.37. The fourth-order valence-electron chi connectivity index (χ4n) is 2.06. The molecule has 1 aliphatic rings. The summed E-state index contributed by atoms with van der Waals surface area (Å²) in [6.45, 7) is 2.02. The molecule has 1 heterocycles. The van der Waals surface area contributed by atoms with E-state index < -0.39 is 0 Å². The van der Waals surface area contributed by atoms with Crippen LogP contribution in [0.4, 0.5) is 0 Å². The summed E-state index contributed by atoms with van der Waals surface area (Å²) in [5.74, 6) is 0.172. The Morgan fingerprint density at radius 1 is 1.73 bits per heavy atom. The maximum Gasteiger partial charge on any atom is 0.220 e. The predicted octanol–water partition coefficient (Wildman–Crippen LogP) is 1.18. The number of rotatable bonds is 3. The first-order valence-corrected chi connectivity index (χ1v) is 5.60. The maximum absolute atomic E-state index is 11.4. The summed E-state index contributed by atoms with van der Waals surface area (Å²) in [6.07, 6.45) is 6.37. The van der Waals surface area contributed by atoms with Crippen LogP contribution in [-0.2, 0) is 17.6 Å². The summed E-state index contributed by atoms with van der Waals surface area (Å²) in [4.78, 5) is 11.4. The monoisotopic (exact) mass is 207 g/mol. The van der Waals surface area contributed by atoms with Crippen LogP contribution in [0.25, 0.3) is 0 Å². The van der Waals surface area contributed by atoms with Crippen LogP contribution in [0.15, 0.2) is 6.20 Å². The number of carbonyl (C=O) groups is 1. The Kier molecular flexibility index (Phi) is 3.04. The molecule has 1 amide bonds. The Morgan fingerprint density at radius 3 is 3.40 bits per heavy atom. The van der Waals surface area contributed by atoms with E-state index in [1.807, 2.05) is 13.1 Å². The molecule has 1 aliphatic carbocycles. The lowest BCUT2D eigenvalue weighted by Crippen LogP contribution is -2.38. The number of aromatic amines is 1. The summed E-state index contributed by atoms with van der Waals surface area (Å²) in [6, 6.07) is 0.289. The van der Waals surface area contributed by atoms with Crippen molar-refractivity contribution in [2.24, 2.45) is 0 Å². The minimum absolute atomic E-state index is 0.172. The maximum atomic E-state index is 11.4. The number of hydrogen-bond donors (Lipinski definition) is 2. The van der Waals surface area contributed by atoms with Gasteiger partial charge in [0.25, 0.3) is 0 Å². The van der Waals surface area contributed by atoms with Gasteiger partial charge < -0.3 is 5.32 Å². The Hall–Kier alpha value is -1.32. The van der Waals surface area contributed by atoms with Crippen LogP contribution in [0, 0.1) is 0 Å². The summed E-state index contributed by atoms with van der Waals surface area (Å²) >= 11 is 0. The molecule has 0 fully saturated rings. The highest BCUT2D eigenvalue weighted by molar-refractivity contribution is 5.76. The molecule has 0 spiro atoms. The zero-order valence-electron chi connectivity index (χ0n) is 9.05. The largest absolute Gasteiger partial charge is 0.353 e. The van der Waals surface area contributed by atoms with Gasteiger partial charge in [-0.25, -0.2) is 0 Å². The van der Waals surface area contributed by atoms with Crippen LogP contribution in [0.1, 0.15) is 37.4 Å². The quantitative estimate of drug-likeness (QED) is 0.782. The van der Waals surface area contributed by atoms with Gasteiger partial charge in [0.1, 0.15) is 0 Å². The molecule has 0 aliphatic heterocycles. The molecule has 82 valence electrons. The zero-order valence-corrected chi connectivity index (χ0v) is 9.05. The average molecular weight is 207 g/mol. The fraction of sp³-hybridized carbons (Fsp3) is 0.636. The van der Waals surface area contributed by atoms with Crippen molar-refractivity contribution >= 4 is 5.91 Å². The van der Waals surface area contributed by atoms with Gasteiger partial charge in [0.05, 0.1) is 6.20 Å². The first kappa shape index (κ1) is 10.2. The topological polar surface area (TPSA) is 57.8 Å². The summed E-state index contributed by atoms with van der Waals surface area (Å²) in [7, 11) is 0. The number of H-pyrrole nitrogens is 1. The Balaban J connectivity index is 1.90. The van der Waals surface area contributed by atoms with E-state index in [4.69, 9.17) is 0 Å². The van der Waals surface area contributed by atoms with Crippen molar-refractivity contribution in [3.05, 3.63) is 17.5 Å². The van der Waals surface area contributed by atoms with Gasteiger partial charge in [0.15, 0.2) is 0 Å². The van der Waals surface area contributed by atoms with Gasteiger partial charge in [-0.15, -0.1) is 0 Å². The minimum Gasteiger partial charge on any atom is -0.353 e. The number of aromatic nitrogens is 2. The first-order chi connectivity index (χ1) is 7.29. The van der Waals surface area contributed by atoms with Crippen LogP contribution < -0.4 is 5.32 Å². The van der Waals surface area contributed by atoms with Gasteiger partial charge >= 0.3 is 0 Å². The molecule has 1 unspecified atom stereocenters. The predicted molar refractivity (Wildman–Crippen MR) is 57.5 cm³/mol. The van der Waals surface area contributed by atoms with E-state index in [-0.39, 0.29) is 11.9 Å². The molecule has 0 saturated carbocycles. The molecule has 0 saturated heterocycles. The van der Waals surface area contributed by atoms with Crippen LogP contribution in [0.2, 0.25) is 0 Å². The standard InChI is InChI=1S/C11H17N3O/c1-2-3-11(15)13-9-5-4-8-7-12-14-10(8)6-9/h7,9H,2-6H2,1H3,(H,12,14)(H,13,15). The van der Waals surface area contributed by atoms with Gasteiger partial charge in [0, 0.05) is 24.6 Å². The number of hydrogen-bond acceptors (Lipinski definition) is 2. The smallest absolute Gasteiger partial charge is 0.220 e. The van der Waals surface area contributed by atoms with Crippen molar-refractivity contribution in [1.82, 2.24) is 15.5 Å². The first-order valence-electron chi connectivity index (χ1n) is 5.60. The van der Waals surface area contributed by atoms with Crippen molar-refractivity contribution in [2.75, 3.05) is 0 Å². The van der Waals surface area contributed by atoms with Crippen molar-refractivity contribution in [2.45, 2.75) is 45.1 Å². The number of fused-ring (bicyclic) bond motifs is 1. The molecular formula is C11H17N3O. The number of nitrogens with zero attached hydrogens (tertiary/aromatic N) is 1. The molecule has 1 aromatic heterocycles. The molecule has 0 aromatic carbocycles. The molecule has 1 atom stereocenters. The molecule has 0 bridgehead atoms. The molecular weight excluding hydrogens is 190 g/mol. The van der Waals surface area contributed by atoms with Gasteiger partial charge in [-0.2, -0.15) is 5.10 Å². The highest BCUT2D eigenvalue weighted by Crippen LogP contribution is 2.18. The number of carbonyl (C=O) groups excluding carboxylic acids is 1. The lowest BCUT2D eigenvalue weighted by Gasteiger charge is -2.22. The third-order valence-corrected chi connectivity index (χ3v) is 2.86. The lowest BCUT2D eigenvalue weighted by atomic mass is 9.93. The zero-order chi connectivity index (χ0) is 10.7. The summed E-state index contributed by atoms with van der Waals surface area (Å²) < 4.78 is 0. The number of nitrogens with one attached hydrogen (secondary N) is 2. The molecule has 4 heteroatoms. The summed E-state index contributed by atoms with van der Waals surface area (Å²) in [5, 5.41) is 10.1. The van der Waals surface area contributed by atoms with Crippen molar-refractivity contribution in [1.29, 1.82) is 0 Å². The second-order valence-corrected chi connectivity index (χ2v) is 4.13. The Bertz CT molecular complexity index is 345. The number of amides is 1. The fourth-order valence-corrected chi connectivity index (χ4v) is 2.06. The Morgan fingerprint density at radius 2 is 2.60 bits per heavy atom. The van der Waals surface area contributed by atoms with Gasteiger partial charge in [-0.1, -0.05) is 6.92 Å². The third-order valence-electron chi connectivity index (χ3n) is 2.86. The summed E-state index contributed by atoms with van der Waals surface area (Å²) in [5.41, 5.74) is 2.49. The lowest BCUT2D eigenvalue weighted by molar-refractivity contribution is -0.121. The van der Waals surface area contributed by atoms with Crippen molar-refractivity contribution < 1.29 is 4.79 Å². The molecule has 2 rings (SSSR count). The van der Waals surface area contributed by atoms with E-state index >= 15 is 0 Å². The molecule has 0 radical (unpaired) electrons.